The Bertz CT molecular complexity index is 683. The molecule has 1 aromatic carbocycles. The lowest BCUT2D eigenvalue weighted by Crippen LogP contribution is -2.44. The number of likely N-dealkylation sites (tertiary alicyclic amines) is 1. The second kappa shape index (κ2) is 4.98. The fourth-order valence-corrected chi connectivity index (χ4v) is 4.17. The summed E-state index contributed by atoms with van der Waals surface area (Å²) in [7, 11) is 3.45. The highest BCUT2D eigenvalue weighted by Crippen LogP contribution is 2.48. The standard InChI is InChI=1S/C18H22N2O3/c1-19-15-7-6-13(23-2)10-14(15)18(17(19)22)8-9-20(11-18)16(21)12-4-3-5-12/h6-7,10,12H,3-5,8-9,11H2,1-2H3. The Morgan fingerprint density at radius 3 is 2.78 bits per heavy atom. The van der Waals surface area contributed by atoms with Crippen LogP contribution in [0.2, 0.25) is 0 Å². The zero-order valence-electron chi connectivity index (χ0n) is 13.7. The van der Waals surface area contributed by atoms with Gasteiger partial charge in [-0.2, -0.15) is 0 Å². The first-order valence-corrected chi connectivity index (χ1v) is 8.32. The van der Waals surface area contributed by atoms with Gasteiger partial charge >= 0.3 is 0 Å². The van der Waals surface area contributed by atoms with Gasteiger partial charge in [-0.25, -0.2) is 0 Å². The molecule has 1 spiro atoms. The lowest BCUT2D eigenvalue weighted by atomic mass is 9.80. The van der Waals surface area contributed by atoms with Crippen molar-refractivity contribution >= 4 is 17.5 Å². The fraction of sp³-hybridized carbons (Fsp3) is 0.556. The number of rotatable bonds is 2. The van der Waals surface area contributed by atoms with Crippen molar-refractivity contribution < 1.29 is 14.3 Å². The molecule has 1 atom stereocenters. The van der Waals surface area contributed by atoms with Crippen molar-refractivity contribution in [3.05, 3.63) is 23.8 Å². The van der Waals surface area contributed by atoms with Gasteiger partial charge in [-0.3, -0.25) is 9.59 Å². The van der Waals surface area contributed by atoms with Crippen LogP contribution in [0, 0.1) is 5.92 Å². The highest BCUT2D eigenvalue weighted by Gasteiger charge is 2.54. The summed E-state index contributed by atoms with van der Waals surface area (Å²) in [4.78, 5) is 29.2. The number of benzene rings is 1. The normalized spacial score (nSPS) is 26.6. The zero-order valence-corrected chi connectivity index (χ0v) is 13.7. The Morgan fingerprint density at radius 1 is 1.35 bits per heavy atom. The molecule has 5 heteroatoms. The van der Waals surface area contributed by atoms with Crippen molar-refractivity contribution in [2.45, 2.75) is 31.1 Å². The number of ether oxygens (including phenoxy) is 1. The summed E-state index contributed by atoms with van der Waals surface area (Å²) in [6, 6.07) is 5.79. The highest BCUT2D eigenvalue weighted by molar-refractivity contribution is 6.08. The number of hydrogen-bond acceptors (Lipinski definition) is 3. The number of methoxy groups -OCH3 is 1. The average molecular weight is 314 g/mol. The van der Waals surface area contributed by atoms with E-state index in [-0.39, 0.29) is 17.7 Å². The summed E-state index contributed by atoms with van der Waals surface area (Å²) in [6.07, 6.45) is 3.85. The first-order chi connectivity index (χ1) is 11.1. The Balaban J connectivity index is 1.69. The fourth-order valence-electron chi connectivity index (χ4n) is 4.17. The van der Waals surface area contributed by atoms with Gasteiger partial charge in [-0.05, 0) is 43.0 Å². The van der Waals surface area contributed by atoms with Crippen molar-refractivity contribution in [3.8, 4) is 5.75 Å². The van der Waals surface area contributed by atoms with Gasteiger partial charge in [0.1, 0.15) is 5.75 Å². The lowest BCUT2D eigenvalue weighted by molar-refractivity contribution is -0.137. The van der Waals surface area contributed by atoms with Gasteiger partial charge in [-0.15, -0.1) is 0 Å². The molecule has 2 amide bonds. The van der Waals surface area contributed by atoms with Crippen LogP contribution in [0.1, 0.15) is 31.2 Å². The summed E-state index contributed by atoms with van der Waals surface area (Å²) >= 11 is 0. The Hall–Kier alpha value is -2.04. The summed E-state index contributed by atoms with van der Waals surface area (Å²) in [5.74, 6) is 1.28. The van der Waals surface area contributed by atoms with Crippen molar-refractivity contribution in [3.63, 3.8) is 0 Å². The van der Waals surface area contributed by atoms with Gasteiger partial charge in [-0.1, -0.05) is 6.42 Å². The number of likely N-dealkylation sites (N-methyl/N-ethyl adjacent to an activating group) is 1. The molecule has 1 aliphatic carbocycles. The molecular weight excluding hydrogens is 292 g/mol. The molecule has 0 N–H and O–H groups in total. The van der Waals surface area contributed by atoms with Gasteiger partial charge in [0.05, 0.1) is 12.5 Å². The maximum absolute atomic E-state index is 13.0. The maximum atomic E-state index is 13.0. The summed E-state index contributed by atoms with van der Waals surface area (Å²) in [5, 5.41) is 0. The molecule has 0 bridgehead atoms. The van der Waals surface area contributed by atoms with Crippen LogP contribution in [0.15, 0.2) is 18.2 Å². The van der Waals surface area contributed by atoms with E-state index in [0.29, 0.717) is 19.5 Å². The number of carbonyl (C=O) groups excluding carboxylic acids is 2. The smallest absolute Gasteiger partial charge is 0.239 e. The quantitative estimate of drug-likeness (QED) is 0.838. The predicted molar refractivity (Wildman–Crippen MR) is 86.6 cm³/mol. The number of hydrogen-bond donors (Lipinski definition) is 0. The van der Waals surface area contributed by atoms with Crippen LogP contribution in [0.5, 0.6) is 5.75 Å². The molecule has 1 aromatic rings. The van der Waals surface area contributed by atoms with Crippen LogP contribution in [0.25, 0.3) is 0 Å². The third kappa shape index (κ3) is 1.92. The van der Waals surface area contributed by atoms with Gasteiger partial charge in [0.2, 0.25) is 11.8 Å². The van der Waals surface area contributed by atoms with Gasteiger partial charge in [0, 0.05) is 31.7 Å². The first-order valence-electron chi connectivity index (χ1n) is 8.32. The molecule has 0 radical (unpaired) electrons. The van der Waals surface area contributed by atoms with Crippen LogP contribution in [0.3, 0.4) is 0 Å². The molecule has 2 fully saturated rings. The van der Waals surface area contributed by atoms with Gasteiger partial charge in [0.15, 0.2) is 0 Å². The molecule has 122 valence electrons. The van der Waals surface area contributed by atoms with E-state index in [9.17, 15) is 9.59 Å². The third-order valence-corrected chi connectivity index (χ3v) is 5.83. The van der Waals surface area contributed by atoms with Crippen molar-refractivity contribution in [2.24, 2.45) is 5.92 Å². The zero-order chi connectivity index (χ0) is 16.2. The topological polar surface area (TPSA) is 49.9 Å². The Labute approximate surface area is 136 Å². The monoisotopic (exact) mass is 314 g/mol. The second-order valence-electron chi connectivity index (χ2n) is 6.97. The van der Waals surface area contributed by atoms with Gasteiger partial charge in [0.25, 0.3) is 0 Å². The largest absolute Gasteiger partial charge is 0.497 e. The van der Waals surface area contributed by atoms with Crippen LogP contribution in [-0.4, -0.2) is 44.0 Å². The molecule has 1 saturated heterocycles. The van der Waals surface area contributed by atoms with Crippen LogP contribution < -0.4 is 9.64 Å². The minimum atomic E-state index is -0.585. The van der Waals surface area contributed by atoms with E-state index >= 15 is 0 Å². The third-order valence-electron chi connectivity index (χ3n) is 5.83. The first kappa shape index (κ1) is 14.5. The van der Waals surface area contributed by atoms with Crippen molar-refractivity contribution in [2.75, 3.05) is 32.1 Å². The minimum absolute atomic E-state index is 0.102. The molecule has 1 unspecified atom stereocenters. The molecule has 2 heterocycles. The number of nitrogens with zero attached hydrogens (tertiary/aromatic N) is 2. The van der Waals surface area contributed by atoms with E-state index in [1.54, 1.807) is 12.0 Å². The number of amides is 2. The molecular formula is C18H22N2O3. The number of anilines is 1. The van der Waals surface area contributed by atoms with Crippen molar-refractivity contribution in [1.82, 2.24) is 4.90 Å². The maximum Gasteiger partial charge on any atom is 0.239 e. The van der Waals surface area contributed by atoms with Gasteiger partial charge < -0.3 is 14.5 Å². The van der Waals surface area contributed by atoms with E-state index in [2.05, 4.69) is 0 Å². The Morgan fingerprint density at radius 2 is 2.13 bits per heavy atom. The number of carbonyl (C=O) groups is 2. The van der Waals surface area contributed by atoms with E-state index in [0.717, 1.165) is 36.3 Å². The van der Waals surface area contributed by atoms with E-state index in [1.807, 2.05) is 30.1 Å². The lowest BCUT2D eigenvalue weighted by Gasteiger charge is -2.30. The summed E-state index contributed by atoms with van der Waals surface area (Å²) < 4.78 is 5.34. The molecule has 4 rings (SSSR count). The molecule has 3 aliphatic rings. The second-order valence-corrected chi connectivity index (χ2v) is 6.97. The van der Waals surface area contributed by atoms with E-state index in [4.69, 9.17) is 4.74 Å². The number of fused-ring (bicyclic) bond motifs is 2. The molecule has 5 nitrogen and oxygen atoms in total. The Kier molecular flexibility index (Phi) is 3.15. The van der Waals surface area contributed by atoms with E-state index in [1.165, 1.54) is 0 Å². The summed E-state index contributed by atoms with van der Waals surface area (Å²) in [6.45, 7) is 1.18. The van der Waals surface area contributed by atoms with Crippen molar-refractivity contribution in [1.29, 1.82) is 0 Å². The molecule has 23 heavy (non-hydrogen) atoms. The molecule has 1 saturated carbocycles. The van der Waals surface area contributed by atoms with Crippen LogP contribution >= 0.6 is 0 Å². The SMILES string of the molecule is COc1ccc2c(c1)C1(CCN(C(=O)C3CCC3)C1)C(=O)N2C. The predicted octanol–water partition coefficient (Wildman–Crippen LogP) is 1.94. The molecule has 0 aromatic heterocycles. The summed E-state index contributed by atoms with van der Waals surface area (Å²) in [5.41, 5.74) is 1.36. The molecule has 2 aliphatic heterocycles. The average Bonchev–Trinajstić information content (AvgIpc) is 3.04. The van der Waals surface area contributed by atoms with Crippen LogP contribution in [0.4, 0.5) is 5.69 Å². The minimum Gasteiger partial charge on any atom is -0.497 e. The van der Waals surface area contributed by atoms with Crippen LogP contribution in [-0.2, 0) is 15.0 Å². The highest BCUT2D eigenvalue weighted by atomic mass is 16.5. The van der Waals surface area contributed by atoms with E-state index < -0.39 is 5.41 Å².